The van der Waals surface area contributed by atoms with E-state index in [1.165, 1.54) is 16.2 Å². The molecule has 132 valence electrons. The Balaban J connectivity index is 1.61. The molecule has 2 aliphatic rings. The molecule has 1 aliphatic heterocycles. The van der Waals surface area contributed by atoms with Crippen molar-refractivity contribution in [3.8, 4) is 6.07 Å². The lowest BCUT2D eigenvalue weighted by molar-refractivity contribution is -0.140. The normalized spacial score (nSPS) is 22.7. The molecule has 0 aromatic carbocycles. The molecule has 3 amide bonds. The van der Waals surface area contributed by atoms with Crippen LogP contribution in [0, 0.1) is 37.0 Å². The molecule has 1 aliphatic carbocycles. The molecule has 1 saturated heterocycles. The van der Waals surface area contributed by atoms with Gasteiger partial charge in [0.2, 0.25) is 17.7 Å². The van der Waals surface area contributed by atoms with Crippen molar-refractivity contribution in [2.24, 2.45) is 11.8 Å². The van der Waals surface area contributed by atoms with Crippen molar-refractivity contribution in [1.82, 2.24) is 4.90 Å². The lowest BCUT2D eigenvalue weighted by Gasteiger charge is -2.19. The van der Waals surface area contributed by atoms with Crippen LogP contribution in [0.4, 0.5) is 5.00 Å². The Hall–Kier alpha value is -2.20. The van der Waals surface area contributed by atoms with Gasteiger partial charge in [-0.25, -0.2) is 0 Å². The van der Waals surface area contributed by atoms with E-state index in [9.17, 15) is 19.6 Å². The van der Waals surface area contributed by atoms with Gasteiger partial charge >= 0.3 is 0 Å². The number of carbonyl (C=O) groups excluding carboxylic acids is 3. The number of anilines is 1. The molecule has 25 heavy (non-hydrogen) atoms. The zero-order valence-corrected chi connectivity index (χ0v) is 15.2. The van der Waals surface area contributed by atoms with Crippen molar-refractivity contribution in [2.75, 3.05) is 11.9 Å². The van der Waals surface area contributed by atoms with E-state index in [2.05, 4.69) is 11.4 Å². The number of fused-ring (bicyclic) bond motifs is 1. The number of nitrogens with zero attached hydrogens (tertiary/aromatic N) is 2. The molecule has 0 radical (unpaired) electrons. The molecule has 2 fully saturated rings. The number of nitrogens with one attached hydrogen (secondary N) is 1. The highest BCUT2D eigenvalue weighted by Gasteiger charge is 2.47. The van der Waals surface area contributed by atoms with Crippen LogP contribution in [0.3, 0.4) is 0 Å². The molecular weight excluding hydrogens is 338 g/mol. The van der Waals surface area contributed by atoms with Crippen molar-refractivity contribution >= 4 is 34.1 Å². The van der Waals surface area contributed by atoms with E-state index in [0.29, 0.717) is 10.6 Å². The van der Waals surface area contributed by atoms with E-state index in [0.717, 1.165) is 36.1 Å². The number of amides is 3. The van der Waals surface area contributed by atoms with Gasteiger partial charge in [0.1, 0.15) is 11.1 Å². The highest BCUT2D eigenvalue weighted by atomic mass is 32.1. The second-order valence-corrected chi connectivity index (χ2v) is 7.95. The average Bonchev–Trinajstić information content (AvgIpc) is 3.00. The molecule has 0 spiro atoms. The molecule has 6 nitrogen and oxygen atoms in total. The molecule has 2 atom stereocenters. The summed E-state index contributed by atoms with van der Waals surface area (Å²) in [6, 6.07) is 2.11. The van der Waals surface area contributed by atoms with Gasteiger partial charge in [-0.3, -0.25) is 19.3 Å². The largest absolute Gasteiger partial charge is 0.317 e. The van der Waals surface area contributed by atoms with Crippen molar-refractivity contribution in [2.45, 2.75) is 46.0 Å². The van der Waals surface area contributed by atoms with Crippen LogP contribution in [-0.2, 0) is 14.4 Å². The summed E-state index contributed by atoms with van der Waals surface area (Å²) in [6.45, 7) is 3.87. The first-order valence-electron chi connectivity index (χ1n) is 8.59. The average molecular weight is 359 g/mol. The number of thiophene rings is 1. The number of nitriles is 1. The van der Waals surface area contributed by atoms with E-state index >= 15 is 0 Å². The number of aryl methyl sites for hydroxylation is 1. The van der Waals surface area contributed by atoms with Gasteiger partial charge in [-0.1, -0.05) is 12.8 Å². The van der Waals surface area contributed by atoms with Crippen LogP contribution in [0.5, 0.6) is 0 Å². The third-order valence-corrected chi connectivity index (χ3v) is 6.37. The minimum atomic E-state index is -0.284. The van der Waals surface area contributed by atoms with Crippen molar-refractivity contribution in [3.63, 3.8) is 0 Å². The predicted octanol–water partition coefficient (Wildman–Crippen LogP) is 2.74. The Kier molecular flexibility index (Phi) is 4.91. The summed E-state index contributed by atoms with van der Waals surface area (Å²) in [5.41, 5.74) is 1.35. The third-order valence-electron chi connectivity index (χ3n) is 5.24. The van der Waals surface area contributed by atoms with Crippen LogP contribution in [0.15, 0.2) is 0 Å². The summed E-state index contributed by atoms with van der Waals surface area (Å²) in [4.78, 5) is 39.3. The Morgan fingerprint density at radius 2 is 1.84 bits per heavy atom. The SMILES string of the molecule is Cc1sc(NC(=O)CCN2C(=O)[C@H]3CCCC[C@@H]3C2=O)c(C#N)c1C. The van der Waals surface area contributed by atoms with Crippen molar-refractivity contribution < 1.29 is 14.4 Å². The second kappa shape index (κ2) is 6.96. The maximum Gasteiger partial charge on any atom is 0.233 e. The lowest BCUT2D eigenvalue weighted by atomic mass is 9.81. The first kappa shape index (κ1) is 17.6. The Morgan fingerprint density at radius 3 is 2.40 bits per heavy atom. The minimum absolute atomic E-state index is 0.0534. The van der Waals surface area contributed by atoms with Gasteiger partial charge < -0.3 is 5.32 Å². The van der Waals surface area contributed by atoms with Crippen LogP contribution < -0.4 is 5.32 Å². The molecule has 7 heteroatoms. The van der Waals surface area contributed by atoms with Gasteiger partial charge in [0.15, 0.2) is 0 Å². The van der Waals surface area contributed by atoms with E-state index in [4.69, 9.17) is 0 Å². The summed E-state index contributed by atoms with van der Waals surface area (Å²) >= 11 is 1.37. The fourth-order valence-electron chi connectivity index (χ4n) is 3.70. The number of hydrogen-bond donors (Lipinski definition) is 1. The molecule has 1 saturated carbocycles. The number of likely N-dealkylation sites (tertiary alicyclic amines) is 1. The van der Waals surface area contributed by atoms with E-state index in [-0.39, 0.29) is 42.5 Å². The first-order valence-corrected chi connectivity index (χ1v) is 9.40. The highest BCUT2D eigenvalue weighted by molar-refractivity contribution is 7.16. The fourth-order valence-corrected chi connectivity index (χ4v) is 4.73. The van der Waals surface area contributed by atoms with Crippen LogP contribution in [0.1, 0.15) is 48.1 Å². The van der Waals surface area contributed by atoms with Gasteiger partial charge in [0.05, 0.1) is 17.4 Å². The lowest BCUT2D eigenvalue weighted by Crippen LogP contribution is -2.34. The molecule has 1 aromatic rings. The zero-order chi connectivity index (χ0) is 18.1. The number of carbonyl (C=O) groups is 3. The number of rotatable bonds is 4. The van der Waals surface area contributed by atoms with Crippen LogP contribution >= 0.6 is 11.3 Å². The van der Waals surface area contributed by atoms with E-state index in [1.54, 1.807) is 0 Å². The quantitative estimate of drug-likeness (QED) is 0.837. The summed E-state index contributed by atoms with van der Waals surface area (Å²) in [5, 5.41) is 12.5. The molecule has 1 aromatic heterocycles. The maximum absolute atomic E-state index is 12.4. The Bertz CT molecular complexity index is 753. The van der Waals surface area contributed by atoms with Crippen LogP contribution in [-0.4, -0.2) is 29.2 Å². The third kappa shape index (κ3) is 3.19. The van der Waals surface area contributed by atoms with Gasteiger partial charge in [-0.15, -0.1) is 11.3 Å². The summed E-state index contributed by atoms with van der Waals surface area (Å²) in [5.74, 6) is -0.895. The summed E-state index contributed by atoms with van der Waals surface area (Å²) in [7, 11) is 0. The smallest absolute Gasteiger partial charge is 0.233 e. The number of hydrogen-bond acceptors (Lipinski definition) is 5. The zero-order valence-electron chi connectivity index (χ0n) is 14.4. The summed E-state index contributed by atoms with van der Waals surface area (Å²) < 4.78 is 0. The highest BCUT2D eigenvalue weighted by Crippen LogP contribution is 2.38. The molecule has 2 heterocycles. The monoisotopic (exact) mass is 359 g/mol. The predicted molar refractivity (Wildman–Crippen MR) is 93.9 cm³/mol. The standard InChI is InChI=1S/C18H21N3O3S/c1-10-11(2)25-16(14(10)9-19)20-15(22)7-8-21-17(23)12-5-3-4-6-13(12)18(21)24/h12-13H,3-8H2,1-2H3,(H,20,22)/t12-,13-/m0/s1. The van der Waals surface area contributed by atoms with E-state index in [1.807, 2.05) is 13.8 Å². The van der Waals surface area contributed by atoms with Gasteiger partial charge in [0.25, 0.3) is 0 Å². The Labute approximate surface area is 150 Å². The molecule has 0 bridgehead atoms. The fraction of sp³-hybridized carbons (Fsp3) is 0.556. The molecule has 0 unspecified atom stereocenters. The molecule has 1 N–H and O–H groups in total. The first-order chi connectivity index (χ1) is 11.9. The maximum atomic E-state index is 12.4. The van der Waals surface area contributed by atoms with Crippen LogP contribution in [0.25, 0.3) is 0 Å². The van der Waals surface area contributed by atoms with Gasteiger partial charge in [0, 0.05) is 17.8 Å². The Morgan fingerprint density at radius 1 is 1.24 bits per heavy atom. The van der Waals surface area contributed by atoms with Gasteiger partial charge in [-0.05, 0) is 32.3 Å². The molecule has 3 rings (SSSR count). The topological polar surface area (TPSA) is 90.3 Å². The van der Waals surface area contributed by atoms with E-state index < -0.39 is 0 Å². The minimum Gasteiger partial charge on any atom is -0.317 e. The van der Waals surface area contributed by atoms with Crippen molar-refractivity contribution in [3.05, 3.63) is 16.0 Å². The van der Waals surface area contributed by atoms with Crippen LogP contribution in [0.2, 0.25) is 0 Å². The van der Waals surface area contributed by atoms with Crippen molar-refractivity contribution in [1.29, 1.82) is 5.26 Å². The van der Waals surface area contributed by atoms with Gasteiger partial charge in [-0.2, -0.15) is 5.26 Å². The summed E-state index contributed by atoms with van der Waals surface area (Å²) in [6.07, 6.45) is 3.58. The number of imide groups is 1. The second-order valence-electron chi connectivity index (χ2n) is 6.72. The molecular formula is C18H21N3O3S.